The number of aromatic nitrogens is 2. The van der Waals surface area contributed by atoms with Gasteiger partial charge in [-0.1, -0.05) is 0 Å². The summed E-state index contributed by atoms with van der Waals surface area (Å²) in [5.41, 5.74) is -0.00953. The zero-order valence-electron chi connectivity index (χ0n) is 11.5. The second kappa shape index (κ2) is 4.83. The smallest absolute Gasteiger partial charge is 0.261 e. The predicted octanol–water partition coefficient (Wildman–Crippen LogP) is 0.824. The van der Waals surface area contributed by atoms with E-state index in [0.717, 1.165) is 15.9 Å². The highest BCUT2D eigenvalue weighted by Gasteiger charge is 2.32. The molecule has 1 aliphatic rings. The van der Waals surface area contributed by atoms with Crippen molar-refractivity contribution in [2.75, 3.05) is 19.8 Å². The van der Waals surface area contributed by atoms with Crippen molar-refractivity contribution < 1.29 is 14.6 Å². The molecule has 2 aromatic rings. The van der Waals surface area contributed by atoms with Gasteiger partial charge in [-0.2, -0.15) is 5.10 Å². The lowest BCUT2D eigenvalue weighted by Gasteiger charge is -2.20. The average molecular weight is 295 g/mol. The molecule has 20 heavy (non-hydrogen) atoms. The third kappa shape index (κ3) is 2.32. The van der Waals surface area contributed by atoms with Crippen LogP contribution in [0.2, 0.25) is 0 Å². The minimum absolute atomic E-state index is 0.161. The van der Waals surface area contributed by atoms with E-state index in [-0.39, 0.29) is 19.1 Å². The molecule has 0 aliphatic carbocycles. The molecule has 1 aliphatic heterocycles. The molecular weight excluding hydrogens is 278 g/mol. The standard InChI is InChI=1S/C13H17N3O3S/c1-8-9-5-10(20-12(9)16(2)15-8)11(17)14-6-13(18)3-4-19-7-13/h5,18H,3-4,6-7H2,1-2H3,(H,14,17). The molecule has 0 aromatic carbocycles. The summed E-state index contributed by atoms with van der Waals surface area (Å²) in [4.78, 5) is 13.8. The number of carbonyl (C=O) groups excluding carboxylic acids is 1. The van der Waals surface area contributed by atoms with Crippen LogP contribution in [0.5, 0.6) is 0 Å². The molecule has 2 N–H and O–H groups in total. The summed E-state index contributed by atoms with van der Waals surface area (Å²) < 4.78 is 6.94. The molecule has 3 rings (SSSR count). The van der Waals surface area contributed by atoms with Crippen molar-refractivity contribution in [3.05, 3.63) is 16.6 Å². The van der Waals surface area contributed by atoms with Crippen molar-refractivity contribution in [1.82, 2.24) is 15.1 Å². The molecule has 0 saturated carbocycles. The zero-order chi connectivity index (χ0) is 14.3. The highest BCUT2D eigenvalue weighted by molar-refractivity contribution is 7.20. The van der Waals surface area contributed by atoms with Crippen molar-refractivity contribution in [3.63, 3.8) is 0 Å². The SMILES string of the molecule is Cc1nn(C)c2sc(C(=O)NCC3(O)CCOC3)cc12. The molecule has 0 radical (unpaired) electrons. The molecule has 1 unspecified atom stereocenters. The molecule has 0 spiro atoms. The van der Waals surface area contributed by atoms with Crippen LogP contribution in [0.25, 0.3) is 10.2 Å². The van der Waals surface area contributed by atoms with Gasteiger partial charge in [0, 0.05) is 32.0 Å². The van der Waals surface area contributed by atoms with Gasteiger partial charge in [0.15, 0.2) is 0 Å². The van der Waals surface area contributed by atoms with Gasteiger partial charge >= 0.3 is 0 Å². The maximum atomic E-state index is 12.2. The van der Waals surface area contributed by atoms with Gasteiger partial charge in [0.25, 0.3) is 5.91 Å². The van der Waals surface area contributed by atoms with E-state index in [4.69, 9.17) is 4.74 Å². The van der Waals surface area contributed by atoms with Crippen molar-refractivity contribution in [2.24, 2.45) is 7.05 Å². The quantitative estimate of drug-likeness (QED) is 0.879. The van der Waals surface area contributed by atoms with Gasteiger partial charge in [-0.3, -0.25) is 9.48 Å². The minimum atomic E-state index is -0.927. The Kier molecular flexibility index (Phi) is 3.27. The summed E-state index contributed by atoms with van der Waals surface area (Å²) in [5.74, 6) is -0.161. The lowest BCUT2D eigenvalue weighted by atomic mass is 10.0. The van der Waals surface area contributed by atoms with Crippen molar-refractivity contribution in [3.8, 4) is 0 Å². The van der Waals surface area contributed by atoms with Crippen LogP contribution in [0, 0.1) is 6.92 Å². The first-order chi connectivity index (χ1) is 9.48. The Morgan fingerprint density at radius 3 is 3.15 bits per heavy atom. The predicted molar refractivity (Wildman–Crippen MR) is 76.0 cm³/mol. The first kappa shape index (κ1) is 13.5. The number of thiophene rings is 1. The number of nitrogens with one attached hydrogen (secondary N) is 1. The lowest BCUT2D eigenvalue weighted by Crippen LogP contribution is -2.43. The Bertz CT molecular complexity index is 621. The third-order valence-corrected chi connectivity index (χ3v) is 4.78. The fourth-order valence-electron chi connectivity index (χ4n) is 2.38. The Hall–Kier alpha value is -1.44. The topological polar surface area (TPSA) is 76.4 Å². The number of fused-ring (bicyclic) bond motifs is 1. The van der Waals surface area contributed by atoms with E-state index in [0.29, 0.717) is 17.9 Å². The second-order valence-corrected chi connectivity index (χ2v) is 6.28. The van der Waals surface area contributed by atoms with Crippen molar-refractivity contribution >= 4 is 27.5 Å². The highest BCUT2D eigenvalue weighted by atomic mass is 32.1. The number of aryl methyl sites for hydroxylation is 2. The maximum absolute atomic E-state index is 12.2. The lowest BCUT2D eigenvalue weighted by molar-refractivity contribution is 0.0265. The summed E-state index contributed by atoms with van der Waals surface area (Å²) in [6, 6.07) is 1.85. The van der Waals surface area contributed by atoms with E-state index in [2.05, 4.69) is 10.4 Å². The maximum Gasteiger partial charge on any atom is 0.261 e. The molecule has 0 bridgehead atoms. The molecule has 1 fully saturated rings. The number of hydrogen-bond acceptors (Lipinski definition) is 5. The number of amides is 1. The molecule has 1 amide bonds. The van der Waals surface area contributed by atoms with E-state index in [9.17, 15) is 9.90 Å². The molecule has 108 valence electrons. The summed E-state index contributed by atoms with van der Waals surface area (Å²) in [6.45, 7) is 2.97. The minimum Gasteiger partial charge on any atom is -0.386 e. The third-order valence-electron chi connectivity index (χ3n) is 3.58. The largest absolute Gasteiger partial charge is 0.386 e. The van der Waals surface area contributed by atoms with Gasteiger partial charge in [-0.05, 0) is 13.0 Å². The van der Waals surface area contributed by atoms with Crippen molar-refractivity contribution in [2.45, 2.75) is 18.9 Å². The normalized spacial score (nSPS) is 22.6. The molecule has 1 saturated heterocycles. The monoisotopic (exact) mass is 295 g/mol. The number of nitrogens with zero attached hydrogens (tertiary/aromatic N) is 2. The fourth-order valence-corrected chi connectivity index (χ4v) is 3.42. The number of hydrogen-bond donors (Lipinski definition) is 2. The van der Waals surface area contributed by atoms with Crippen LogP contribution in [0.4, 0.5) is 0 Å². The van der Waals surface area contributed by atoms with E-state index in [1.807, 2.05) is 20.0 Å². The summed E-state index contributed by atoms with van der Waals surface area (Å²) in [7, 11) is 1.87. The van der Waals surface area contributed by atoms with Crippen LogP contribution in [0.1, 0.15) is 21.8 Å². The number of ether oxygens (including phenoxy) is 1. The summed E-state index contributed by atoms with van der Waals surface area (Å²) >= 11 is 1.41. The van der Waals surface area contributed by atoms with E-state index < -0.39 is 5.60 Å². The van der Waals surface area contributed by atoms with Crippen LogP contribution >= 0.6 is 11.3 Å². The average Bonchev–Trinajstić information content (AvgIpc) is 3.07. The Balaban J connectivity index is 1.74. The van der Waals surface area contributed by atoms with Gasteiger partial charge in [0.05, 0.1) is 17.2 Å². The first-order valence-corrected chi connectivity index (χ1v) is 7.32. The second-order valence-electron chi connectivity index (χ2n) is 5.25. The van der Waals surface area contributed by atoms with Gasteiger partial charge in [0.2, 0.25) is 0 Å². The van der Waals surface area contributed by atoms with Gasteiger partial charge in [-0.25, -0.2) is 0 Å². The van der Waals surface area contributed by atoms with Gasteiger partial charge < -0.3 is 15.2 Å². The molecule has 2 aromatic heterocycles. The van der Waals surface area contributed by atoms with E-state index in [1.165, 1.54) is 11.3 Å². The van der Waals surface area contributed by atoms with E-state index >= 15 is 0 Å². The number of rotatable bonds is 3. The molecule has 3 heterocycles. The van der Waals surface area contributed by atoms with Crippen LogP contribution in [-0.2, 0) is 11.8 Å². The van der Waals surface area contributed by atoms with Crippen LogP contribution in [0.3, 0.4) is 0 Å². The molecule has 7 heteroatoms. The first-order valence-electron chi connectivity index (χ1n) is 6.50. The Morgan fingerprint density at radius 2 is 2.50 bits per heavy atom. The molecule has 1 atom stereocenters. The molecular formula is C13H17N3O3S. The van der Waals surface area contributed by atoms with Gasteiger partial charge in [-0.15, -0.1) is 11.3 Å². The summed E-state index contributed by atoms with van der Waals surface area (Å²) in [5, 5.41) is 18.2. The Labute approximate surface area is 120 Å². The van der Waals surface area contributed by atoms with Crippen LogP contribution in [-0.4, -0.2) is 46.2 Å². The zero-order valence-corrected chi connectivity index (χ0v) is 12.3. The Morgan fingerprint density at radius 1 is 1.70 bits per heavy atom. The van der Waals surface area contributed by atoms with Crippen LogP contribution < -0.4 is 5.32 Å². The fraction of sp³-hybridized carbons (Fsp3) is 0.538. The van der Waals surface area contributed by atoms with E-state index in [1.54, 1.807) is 4.68 Å². The van der Waals surface area contributed by atoms with Crippen molar-refractivity contribution in [1.29, 1.82) is 0 Å². The highest BCUT2D eigenvalue weighted by Crippen LogP contribution is 2.27. The van der Waals surface area contributed by atoms with Gasteiger partial charge in [0.1, 0.15) is 10.4 Å². The molecule has 6 nitrogen and oxygen atoms in total. The van der Waals surface area contributed by atoms with Crippen LogP contribution in [0.15, 0.2) is 6.07 Å². The number of carbonyl (C=O) groups is 1. The number of aliphatic hydroxyl groups is 1. The summed E-state index contributed by atoms with van der Waals surface area (Å²) in [6.07, 6.45) is 0.558.